The summed E-state index contributed by atoms with van der Waals surface area (Å²) in [5, 5.41) is 11.9. The number of rotatable bonds is 3. The van der Waals surface area contributed by atoms with E-state index in [4.69, 9.17) is 5.11 Å². The maximum atomic E-state index is 11.9. The van der Waals surface area contributed by atoms with Crippen LogP contribution in [0.4, 0.5) is 4.79 Å². The number of aliphatic carboxylic acids is 1. The number of carboxylic acids is 1. The summed E-state index contributed by atoms with van der Waals surface area (Å²) in [6.45, 7) is 2.44. The third-order valence-corrected chi connectivity index (χ3v) is 4.38. The van der Waals surface area contributed by atoms with Crippen molar-refractivity contribution < 1.29 is 14.7 Å². The van der Waals surface area contributed by atoms with Gasteiger partial charge in [-0.05, 0) is 50.9 Å². The van der Waals surface area contributed by atoms with Gasteiger partial charge in [-0.1, -0.05) is 0 Å². The number of hydrogen-bond donors (Lipinski definition) is 2. The summed E-state index contributed by atoms with van der Waals surface area (Å²) >= 11 is 0. The molecule has 1 saturated heterocycles. The predicted molar refractivity (Wildman–Crippen MR) is 71.9 cm³/mol. The van der Waals surface area contributed by atoms with E-state index in [0.717, 1.165) is 51.6 Å². The number of likely N-dealkylation sites (tertiary alicyclic amines) is 1. The van der Waals surface area contributed by atoms with E-state index in [1.807, 2.05) is 4.90 Å². The molecule has 19 heavy (non-hydrogen) atoms. The van der Waals surface area contributed by atoms with Crippen molar-refractivity contribution in [2.75, 3.05) is 19.6 Å². The van der Waals surface area contributed by atoms with Crippen LogP contribution in [0.1, 0.15) is 44.9 Å². The van der Waals surface area contributed by atoms with E-state index in [1.54, 1.807) is 0 Å². The molecule has 1 saturated carbocycles. The van der Waals surface area contributed by atoms with E-state index in [1.165, 1.54) is 6.42 Å². The monoisotopic (exact) mass is 268 g/mol. The van der Waals surface area contributed by atoms with Crippen LogP contribution >= 0.6 is 0 Å². The Labute approximate surface area is 114 Å². The highest BCUT2D eigenvalue weighted by atomic mass is 16.4. The molecule has 5 heteroatoms. The molecular formula is C14H24N2O3. The zero-order valence-corrected chi connectivity index (χ0v) is 11.4. The Morgan fingerprint density at radius 1 is 1.05 bits per heavy atom. The van der Waals surface area contributed by atoms with Crippen LogP contribution in [0.5, 0.6) is 0 Å². The number of piperidine rings is 1. The first-order valence-corrected chi connectivity index (χ1v) is 7.42. The maximum Gasteiger partial charge on any atom is 0.317 e. The number of carbonyl (C=O) groups excluding carboxylic acids is 1. The lowest BCUT2D eigenvalue weighted by molar-refractivity contribution is -0.143. The van der Waals surface area contributed by atoms with Crippen LogP contribution in [-0.4, -0.2) is 41.6 Å². The lowest BCUT2D eigenvalue weighted by Gasteiger charge is -2.29. The van der Waals surface area contributed by atoms with Gasteiger partial charge in [0.25, 0.3) is 0 Å². The molecule has 0 bridgehead atoms. The van der Waals surface area contributed by atoms with E-state index in [2.05, 4.69) is 5.32 Å². The minimum atomic E-state index is -0.671. The molecule has 5 nitrogen and oxygen atoms in total. The van der Waals surface area contributed by atoms with Gasteiger partial charge < -0.3 is 15.3 Å². The Morgan fingerprint density at radius 2 is 1.68 bits per heavy atom. The Bertz CT molecular complexity index is 319. The van der Waals surface area contributed by atoms with Crippen LogP contribution in [0.15, 0.2) is 0 Å². The molecule has 0 aromatic rings. The number of urea groups is 1. The average Bonchev–Trinajstić information content (AvgIpc) is 2.46. The maximum absolute atomic E-state index is 11.9. The second kappa shape index (κ2) is 6.78. The molecule has 0 unspecified atom stereocenters. The molecule has 108 valence electrons. The van der Waals surface area contributed by atoms with E-state index in [-0.39, 0.29) is 11.9 Å². The number of carbonyl (C=O) groups is 2. The molecule has 2 rings (SSSR count). The van der Waals surface area contributed by atoms with Gasteiger partial charge >= 0.3 is 12.0 Å². The Hall–Kier alpha value is -1.26. The normalized spacial score (nSPS) is 27.9. The minimum Gasteiger partial charge on any atom is -0.481 e. The van der Waals surface area contributed by atoms with E-state index in [9.17, 15) is 9.59 Å². The summed E-state index contributed by atoms with van der Waals surface area (Å²) in [6.07, 6.45) is 6.77. The highest BCUT2D eigenvalue weighted by Gasteiger charge is 2.26. The molecule has 1 heterocycles. The van der Waals surface area contributed by atoms with Gasteiger partial charge in [0.2, 0.25) is 0 Å². The van der Waals surface area contributed by atoms with Crippen molar-refractivity contribution in [1.29, 1.82) is 0 Å². The Balaban J connectivity index is 1.66. The van der Waals surface area contributed by atoms with Gasteiger partial charge in [-0.3, -0.25) is 4.79 Å². The van der Waals surface area contributed by atoms with Crippen molar-refractivity contribution in [1.82, 2.24) is 10.2 Å². The molecular weight excluding hydrogens is 244 g/mol. The molecule has 2 aliphatic rings. The van der Waals surface area contributed by atoms with E-state index >= 15 is 0 Å². The zero-order valence-electron chi connectivity index (χ0n) is 11.4. The summed E-state index contributed by atoms with van der Waals surface area (Å²) in [5.41, 5.74) is 0. The highest BCUT2D eigenvalue weighted by molar-refractivity contribution is 5.74. The number of carboxylic acid groups (broad SMARTS) is 1. The predicted octanol–water partition coefficient (Wildman–Crippen LogP) is 2.07. The summed E-state index contributed by atoms with van der Waals surface area (Å²) in [7, 11) is 0. The van der Waals surface area contributed by atoms with Gasteiger partial charge in [-0.25, -0.2) is 4.79 Å². The van der Waals surface area contributed by atoms with Crippen molar-refractivity contribution in [3.63, 3.8) is 0 Å². The van der Waals surface area contributed by atoms with Crippen LogP contribution in [-0.2, 0) is 4.79 Å². The second-order valence-corrected chi connectivity index (χ2v) is 5.79. The van der Waals surface area contributed by atoms with Crippen molar-refractivity contribution in [3.05, 3.63) is 0 Å². The van der Waals surface area contributed by atoms with Crippen molar-refractivity contribution in [2.45, 2.75) is 44.9 Å². The largest absolute Gasteiger partial charge is 0.481 e. The van der Waals surface area contributed by atoms with Crippen LogP contribution in [0.3, 0.4) is 0 Å². The van der Waals surface area contributed by atoms with Gasteiger partial charge in [0.1, 0.15) is 0 Å². The lowest BCUT2D eigenvalue weighted by Crippen LogP contribution is -2.44. The average molecular weight is 268 g/mol. The standard InChI is InChI=1S/C14H24N2O3/c17-13(18)12-6-4-11(5-7-12)10-15-14(19)16-8-2-1-3-9-16/h11-12H,1-10H2,(H,15,19)(H,17,18). The smallest absolute Gasteiger partial charge is 0.317 e. The third kappa shape index (κ3) is 4.11. The first-order chi connectivity index (χ1) is 9.16. The van der Waals surface area contributed by atoms with E-state index < -0.39 is 5.97 Å². The van der Waals surface area contributed by atoms with Crippen molar-refractivity contribution >= 4 is 12.0 Å². The molecule has 1 aliphatic carbocycles. The lowest BCUT2D eigenvalue weighted by atomic mass is 9.82. The summed E-state index contributed by atoms with van der Waals surface area (Å²) in [5.74, 6) is -0.394. The fourth-order valence-corrected chi connectivity index (χ4v) is 3.05. The van der Waals surface area contributed by atoms with Gasteiger partial charge in [0.05, 0.1) is 5.92 Å². The first-order valence-electron chi connectivity index (χ1n) is 7.42. The van der Waals surface area contributed by atoms with Crippen molar-refractivity contribution in [3.8, 4) is 0 Å². The molecule has 0 aromatic carbocycles. The van der Waals surface area contributed by atoms with Crippen molar-refractivity contribution in [2.24, 2.45) is 11.8 Å². The second-order valence-electron chi connectivity index (χ2n) is 5.79. The number of nitrogens with one attached hydrogen (secondary N) is 1. The van der Waals surface area contributed by atoms with E-state index in [0.29, 0.717) is 12.5 Å². The summed E-state index contributed by atoms with van der Waals surface area (Å²) in [4.78, 5) is 24.7. The SMILES string of the molecule is O=C(O)C1CCC(CNC(=O)N2CCCCC2)CC1. The Kier molecular flexibility index (Phi) is 5.05. The van der Waals surface area contributed by atoms with Crippen LogP contribution < -0.4 is 5.32 Å². The third-order valence-electron chi connectivity index (χ3n) is 4.38. The van der Waals surface area contributed by atoms with Crippen LogP contribution in [0, 0.1) is 11.8 Å². The number of amides is 2. The molecule has 0 spiro atoms. The molecule has 2 fully saturated rings. The van der Waals surface area contributed by atoms with Gasteiger partial charge in [0, 0.05) is 19.6 Å². The Morgan fingerprint density at radius 3 is 2.26 bits per heavy atom. The molecule has 1 aliphatic heterocycles. The fourth-order valence-electron chi connectivity index (χ4n) is 3.05. The number of nitrogens with zero attached hydrogens (tertiary/aromatic N) is 1. The topological polar surface area (TPSA) is 69.6 Å². The van der Waals surface area contributed by atoms with Crippen LogP contribution in [0.25, 0.3) is 0 Å². The molecule has 2 amide bonds. The first kappa shape index (κ1) is 14.2. The van der Waals surface area contributed by atoms with Gasteiger partial charge in [0.15, 0.2) is 0 Å². The molecule has 0 atom stereocenters. The molecule has 0 aromatic heterocycles. The fraction of sp³-hybridized carbons (Fsp3) is 0.857. The van der Waals surface area contributed by atoms with Gasteiger partial charge in [-0.2, -0.15) is 0 Å². The zero-order chi connectivity index (χ0) is 13.7. The highest BCUT2D eigenvalue weighted by Crippen LogP contribution is 2.28. The number of hydrogen-bond acceptors (Lipinski definition) is 2. The minimum absolute atomic E-state index is 0.0556. The van der Waals surface area contributed by atoms with Gasteiger partial charge in [-0.15, -0.1) is 0 Å². The molecule has 2 N–H and O–H groups in total. The quantitative estimate of drug-likeness (QED) is 0.823. The summed E-state index contributed by atoms with van der Waals surface area (Å²) < 4.78 is 0. The molecule has 0 radical (unpaired) electrons. The van der Waals surface area contributed by atoms with Crippen LogP contribution in [0.2, 0.25) is 0 Å². The summed E-state index contributed by atoms with van der Waals surface area (Å²) in [6, 6.07) is 0.0556.